The van der Waals surface area contributed by atoms with Gasteiger partial charge in [-0.2, -0.15) is 13.2 Å². The number of ether oxygens (including phenoxy) is 1. The van der Waals surface area contributed by atoms with Gasteiger partial charge in [0.2, 0.25) is 0 Å². The quantitative estimate of drug-likeness (QED) is 0.386. The summed E-state index contributed by atoms with van der Waals surface area (Å²) in [5.41, 5.74) is 5.69. The highest BCUT2D eigenvalue weighted by atomic mass is 32.2. The largest absolute Gasteiger partial charge is 0.411 e. The molecule has 2 nitrogen and oxygen atoms in total. The Morgan fingerprint density at radius 2 is 1.94 bits per heavy atom. The van der Waals surface area contributed by atoms with E-state index >= 15 is 0 Å². The zero-order chi connectivity index (χ0) is 12.9. The van der Waals surface area contributed by atoms with Crippen LogP contribution in [0.25, 0.3) is 0 Å². The maximum Gasteiger partial charge on any atom is 0.411 e. The van der Waals surface area contributed by atoms with Gasteiger partial charge in [0.25, 0.3) is 0 Å². The molecule has 2 N–H and O–H groups in total. The molecule has 0 amide bonds. The fourth-order valence-electron chi connectivity index (χ4n) is 1.07. The lowest BCUT2D eigenvalue weighted by atomic mass is 10.3. The first-order chi connectivity index (χ1) is 7.87. The van der Waals surface area contributed by atoms with Crippen LogP contribution in [0.15, 0.2) is 23.1 Å². The molecule has 0 unspecified atom stereocenters. The van der Waals surface area contributed by atoms with Crippen molar-refractivity contribution in [2.75, 3.05) is 24.7 Å². The Kier molecular flexibility index (Phi) is 5.07. The van der Waals surface area contributed by atoms with E-state index < -0.39 is 18.6 Å². The van der Waals surface area contributed by atoms with Gasteiger partial charge in [0.15, 0.2) is 0 Å². The van der Waals surface area contributed by atoms with Crippen LogP contribution in [-0.4, -0.2) is 25.1 Å². The molecular formula is C10H11F4NOS. The number of benzene rings is 1. The molecule has 0 radical (unpaired) electrons. The van der Waals surface area contributed by atoms with Gasteiger partial charge in [-0.1, -0.05) is 0 Å². The fourth-order valence-corrected chi connectivity index (χ4v) is 1.93. The predicted molar refractivity (Wildman–Crippen MR) is 58.4 cm³/mol. The highest BCUT2D eigenvalue weighted by Gasteiger charge is 2.27. The van der Waals surface area contributed by atoms with Gasteiger partial charge in [-0.15, -0.1) is 11.8 Å². The molecule has 7 heteroatoms. The number of alkyl halides is 3. The van der Waals surface area contributed by atoms with Crippen LogP contribution in [0.5, 0.6) is 0 Å². The zero-order valence-corrected chi connectivity index (χ0v) is 9.58. The SMILES string of the molecule is Nc1cc(F)cc(SCCOCC(F)(F)F)c1. The van der Waals surface area contributed by atoms with Gasteiger partial charge in [-0.05, 0) is 18.2 Å². The Morgan fingerprint density at radius 3 is 2.53 bits per heavy atom. The Labute approximate surface area is 100 Å². The van der Waals surface area contributed by atoms with E-state index in [0.29, 0.717) is 10.6 Å². The van der Waals surface area contributed by atoms with Crippen molar-refractivity contribution in [3.63, 3.8) is 0 Å². The van der Waals surface area contributed by atoms with E-state index in [9.17, 15) is 17.6 Å². The lowest BCUT2D eigenvalue weighted by molar-refractivity contribution is -0.172. The average molecular weight is 269 g/mol. The number of rotatable bonds is 5. The molecule has 0 atom stereocenters. The van der Waals surface area contributed by atoms with Crippen LogP contribution in [0.1, 0.15) is 0 Å². The second kappa shape index (κ2) is 6.11. The molecule has 1 aromatic rings. The van der Waals surface area contributed by atoms with Gasteiger partial charge in [0.1, 0.15) is 12.4 Å². The van der Waals surface area contributed by atoms with Gasteiger partial charge in [-0.3, -0.25) is 0 Å². The highest BCUT2D eigenvalue weighted by Crippen LogP contribution is 2.22. The summed E-state index contributed by atoms with van der Waals surface area (Å²) < 4.78 is 52.4. The Morgan fingerprint density at radius 1 is 1.24 bits per heavy atom. The van der Waals surface area contributed by atoms with E-state index in [1.54, 1.807) is 6.07 Å². The number of nitrogens with two attached hydrogens (primary N) is 1. The lowest BCUT2D eigenvalue weighted by Crippen LogP contribution is -2.17. The molecule has 0 aliphatic rings. The summed E-state index contributed by atoms with van der Waals surface area (Å²) in [5.74, 6) is -0.164. The van der Waals surface area contributed by atoms with Crippen molar-refractivity contribution in [1.82, 2.24) is 0 Å². The molecule has 0 aliphatic carbocycles. The Balaban J connectivity index is 2.27. The minimum atomic E-state index is -4.31. The highest BCUT2D eigenvalue weighted by molar-refractivity contribution is 7.99. The van der Waals surface area contributed by atoms with E-state index in [0.717, 1.165) is 0 Å². The van der Waals surface area contributed by atoms with Crippen LogP contribution in [0, 0.1) is 5.82 Å². The normalized spacial score (nSPS) is 11.8. The first-order valence-electron chi connectivity index (χ1n) is 4.70. The van der Waals surface area contributed by atoms with E-state index in [4.69, 9.17) is 5.73 Å². The maximum atomic E-state index is 12.9. The third-order valence-electron chi connectivity index (χ3n) is 1.66. The molecule has 0 aliphatic heterocycles. The molecule has 17 heavy (non-hydrogen) atoms. The summed E-state index contributed by atoms with van der Waals surface area (Å²) in [7, 11) is 0. The molecule has 0 fully saturated rings. The Bertz CT molecular complexity index is 350. The second-order valence-corrected chi connectivity index (χ2v) is 4.40. The molecule has 0 saturated heterocycles. The lowest BCUT2D eigenvalue weighted by Gasteiger charge is -2.07. The van der Waals surface area contributed by atoms with E-state index in [2.05, 4.69) is 4.74 Å². The number of thioether (sulfide) groups is 1. The van der Waals surface area contributed by atoms with Crippen LogP contribution >= 0.6 is 11.8 Å². The van der Waals surface area contributed by atoms with Crippen LogP contribution in [0.2, 0.25) is 0 Å². The second-order valence-electron chi connectivity index (χ2n) is 3.24. The van der Waals surface area contributed by atoms with E-state index in [1.165, 1.54) is 23.9 Å². The van der Waals surface area contributed by atoms with Crippen molar-refractivity contribution in [2.45, 2.75) is 11.1 Å². The summed E-state index contributed by atoms with van der Waals surface area (Å²) >= 11 is 1.19. The van der Waals surface area contributed by atoms with Gasteiger partial charge in [0, 0.05) is 16.3 Å². The summed E-state index contributed by atoms with van der Waals surface area (Å²) in [6.45, 7) is -1.32. The molecular weight excluding hydrogens is 258 g/mol. The molecule has 96 valence electrons. The summed E-state index contributed by atoms with van der Waals surface area (Å²) in [6.07, 6.45) is -4.31. The third-order valence-corrected chi connectivity index (χ3v) is 2.60. The molecule has 1 rings (SSSR count). The van der Waals surface area contributed by atoms with Crippen molar-refractivity contribution in [3.05, 3.63) is 24.0 Å². The van der Waals surface area contributed by atoms with Gasteiger partial charge < -0.3 is 10.5 Å². The number of nitrogen functional groups attached to an aromatic ring is 1. The molecule has 0 spiro atoms. The van der Waals surface area contributed by atoms with Crippen LogP contribution in [-0.2, 0) is 4.74 Å². The monoisotopic (exact) mass is 269 g/mol. The minimum absolute atomic E-state index is 0.0550. The topological polar surface area (TPSA) is 35.2 Å². The van der Waals surface area contributed by atoms with Crippen molar-refractivity contribution < 1.29 is 22.3 Å². The number of hydrogen-bond donors (Lipinski definition) is 1. The number of anilines is 1. The molecule has 0 saturated carbocycles. The van der Waals surface area contributed by atoms with Gasteiger partial charge >= 0.3 is 6.18 Å². The van der Waals surface area contributed by atoms with E-state index in [1.807, 2.05) is 0 Å². The van der Waals surface area contributed by atoms with E-state index in [-0.39, 0.29) is 12.3 Å². The number of hydrogen-bond acceptors (Lipinski definition) is 3. The van der Waals surface area contributed by atoms with Crippen molar-refractivity contribution in [2.24, 2.45) is 0 Å². The summed E-state index contributed by atoms with van der Waals surface area (Å²) in [6, 6.07) is 3.99. The fraction of sp³-hybridized carbons (Fsp3) is 0.400. The average Bonchev–Trinajstić information content (AvgIpc) is 2.13. The predicted octanol–water partition coefficient (Wildman–Crippen LogP) is 3.08. The summed E-state index contributed by atoms with van der Waals surface area (Å²) in [4.78, 5) is 0.568. The smallest absolute Gasteiger partial charge is 0.399 e. The molecule has 1 aromatic carbocycles. The van der Waals surface area contributed by atoms with Gasteiger partial charge in [0.05, 0.1) is 6.61 Å². The van der Waals surface area contributed by atoms with Crippen LogP contribution in [0.4, 0.5) is 23.2 Å². The molecule has 0 aromatic heterocycles. The zero-order valence-electron chi connectivity index (χ0n) is 8.76. The molecule has 0 heterocycles. The van der Waals surface area contributed by atoms with Crippen molar-refractivity contribution >= 4 is 17.4 Å². The van der Waals surface area contributed by atoms with Crippen molar-refractivity contribution in [3.8, 4) is 0 Å². The number of halogens is 4. The first-order valence-corrected chi connectivity index (χ1v) is 5.69. The first kappa shape index (κ1) is 14.1. The summed E-state index contributed by atoms with van der Waals surface area (Å²) in [5, 5.41) is 0. The van der Waals surface area contributed by atoms with Crippen LogP contribution in [0.3, 0.4) is 0 Å². The minimum Gasteiger partial charge on any atom is -0.399 e. The van der Waals surface area contributed by atoms with Crippen LogP contribution < -0.4 is 5.73 Å². The van der Waals surface area contributed by atoms with Gasteiger partial charge in [-0.25, -0.2) is 4.39 Å². The van der Waals surface area contributed by atoms with Crippen molar-refractivity contribution in [1.29, 1.82) is 0 Å². The maximum absolute atomic E-state index is 12.9. The standard InChI is InChI=1S/C10H11F4NOS/c11-7-3-8(15)5-9(4-7)17-2-1-16-6-10(12,13)14/h3-5H,1-2,6,15H2. The Hall–Kier alpha value is -0.950. The molecule has 0 bridgehead atoms. The third kappa shape index (κ3) is 6.38.